The van der Waals surface area contributed by atoms with Crippen molar-refractivity contribution in [2.45, 2.75) is 75.6 Å². The highest BCUT2D eigenvalue weighted by Crippen LogP contribution is 2.39. The Morgan fingerprint density at radius 3 is 2.25 bits per heavy atom. The van der Waals surface area contributed by atoms with Crippen LogP contribution in [0.1, 0.15) is 51.4 Å². The van der Waals surface area contributed by atoms with Gasteiger partial charge < -0.3 is 5.11 Å². The molecule has 4 unspecified atom stereocenters. The topological polar surface area (TPSA) is 40.5 Å². The van der Waals surface area contributed by atoms with Crippen molar-refractivity contribution in [3.63, 3.8) is 0 Å². The molecule has 1 N–H and O–H groups in total. The molecule has 0 aromatic carbocycles. The van der Waals surface area contributed by atoms with E-state index in [0.717, 1.165) is 25.7 Å². The Morgan fingerprint density at radius 1 is 1.00 bits per heavy atom. The minimum absolute atomic E-state index is 0.148. The largest absolute Gasteiger partial charge is 0.391 e. The van der Waals surface area contributed by atoms with Gasteiger partial charge in [-0.05, 0) is 25.7 Å². The number of ketones is 1. The third-order valence-corrected chi connectivity index (χ3v) is 4.68. The maximum atomic E-state index is 11.5. The van der Waals surface area contributed by atoms with Gasteiger partial charge >= 0.3 is 0 Å². The molecule has 3 nitrogen and oxygen atoms in total. The minimum atomic E-state index is -0.148. The number of fused-ring (bicyclic) bond motifs is 2. The summed E-state index contributed by atoms with van der Waals surface area (Å²) in [7, 11) is 0. The monoisotopic (exact) mass is 223 g/mol. The maximum Gasteiger partial charge on any atom is 0.136 e. The van der Waals surface area contributed by atoms with Crippen LogP contribution in [0.5, 0.6) is 0 Å². The van der Waals surface area contributed by atoms with E-state index in [1.807, 2.05) is 0 Å². The van der Waals surface area contributed by atoms with Gasteiger partial charge in [0.25, 0.3) is 0 Å². The van der Waals surface area contributed by atoms with Gasteiger partial charge in [0, 0.05) is 31.0 Å². The number of rotatable bonds is 1. The van der Waals surface area contributed by atoms with Crippen LogP contribution in [0.4, 0.5) is 0 Å². The smallest absolute Gasteiger partial charge is 0.136 e. The zero-order valence-electron chi connectivity index (χ0n) is 9.77. The molecule has 2 heterocycles. The molecule has 0 amide bonds. The van der Waals surface area contributed by atoms with Crippen molar-refractivity contribution in [2.24, 2.45) is 0 Å². The fourth-order valence-corrected chi connectivity index (χ4v) is 3.99. The Morgan fingerprint density at radius 2 is 1.62 bits per heavy atom. The van der Waals surface area contributed by atoms with Crippen LogP contribution < -0.4 is 0 Å². The number of aliphatic hydroxyl groups excluding tert-OH is 1. The fourth-order valence-electron chi connectivity index (χ4n) is 3.99. The van der Waals surface area contributed by atoms with Crippen LogP contribution >= 0.6 is 0 Å². The third-order valence-electron chi connectivity index (χ3n) is 4.68. The van der Waals surface area contributed by atoms with Crippen LogP contribution in [0.15, 0.2) is 0 Å². The van der Waals surface area contributed by atoms with Crippen LogP contribution in [-0.2, 0) is 4.79 Å². The molecule has 3 fully saturated rings. The Hall–Kier alpha value is -0.410. The van der Waals surface area contributed by atoms with Crippen molar-refractivity contribution in [1.82, 2.24) is 4.90 Å². The molecule has 3 aliphatic rings. The molecule has 0 radical (unpaired) electrons. The van der Waals surface area contributed by atoms with Gasteiger partial charge in [-0.3, -0.25) is 9.69 Å². The normalized spacial score (nSPS) is 44.9. The summed E-state index contributed by atoms with van der Waals surface area (Å²) in [5.74, 6) is 0.439. The summed E-state index contributed by atoms with van der Waals surface area (Å²) in [4.78, 5) is 14.0. The van der Waals surface area contributed by atoms with Gasteiger partial charge in [-0.25, -0.2) is 0 Å². The molecule has 3 rings (SSSR count). The summed E-state index contributed by atoms with van der Waals surface area (Å²) in [5, 5.41) is 10.1. The molecule has 4 atom stereocenters. The van der Waals surface area contributed by atoms with Crippen LogP contribution in [0.2, 0.25) is 0 Å². The molecular formula is C13H21NO2. The number of carbonyl (C=O) groups is 1. The van der Waals surface area contributed by atoms with E-state index in [9.17, 15) is 9.90 Å². The van der Waals surface area contributed by atoms with E-state index in [0.29, 0.717) is 23.9 Å². The second kappa shape index (κ2) is 4.11. The first kappa shape index (κ1) is 10.7. The lowest BCUT2D eigenvalue weighted by atomic mass is 9.88. The molecule has 1 aliphatic carbocycles. The van der Waals surface area contributed by atoms with E-state index in [4.69, 9.17) is 0 Å². The lowest BCUT2D eigenvalue weighted by Crippen LogP contribution is -2.54. The number of hydrogen-bond acceptors (Lipinski definition) is 3. The average molecular weight is 223 g/mol. The standard InChI is InChI=1S/C13H21NO2/c15-11-7-9-5-6-10(8-11)14(9)12-3-1-2-4-13(12)16/h9-10,12-13,16H,1-8H2. The van der Waals surface area contributed by atoms with Crippen molar-refractivity contribution in [3.8, 4) is 0 Å². The number of piperidine rings is 1. The molecular weight excluding hydrogens is 202 g/mol. The fraction of sp³-hybridized carbons (Fsp3) is 0.923. The molecule has 0 aromatic heterocycles. The quantitative estimate of drug-likeness (QED) is 0.732. The number of Topliss-reactive ketones (excluding diaryl/α,β-unsaturated/α-hetero) is 1. The summed E-state index contributed by atoms with van der Waals surface area (Å²) in [6, 6.07) is 1.24. The zero-order chi connectivity index (χ0) is 11.1. The highest BCUT2D eigenvalue weighted by molar-refractivity contribution is 5.81. The lowest BCUT2D eigenvalue weighted by molar-refractivity contribution is -0.126. The first-order chi connectivity index (χ1) is 7.75. The molecule has 0 aromatic rings. The summed E-state index contributed by atoms with van der Waals surface area (Å²) < 4.78 is 0. The Balaban J connectivity index is 1.77. The maximum absolute atomic E-state index is 11.5. The van der Waals surface area contributed by atoms with Gasteiger partial charge in [-0.2, -0.15) is 0 Å². The number of nitrogens with zero attached hydrogens (tertiary/aromatic N) is 1. The molecule has 3 heteroatoms. The first-order valence-corrected chi connectivity index (χ1v) is 6.73. The van der Waals surface area contributed by atoms with Gasteiger partial charge in [-0.1, -0.05) is 12.8 Å². The first-order valence-electron chi connectivity index (χ1n) is 6.73. The number of carbonyl (C=O) groups excluding carboxylic acids is 1. The van der Waals surface area contributed by atoms with E-state index in [-0.39, 0.29) is 6.10 Å². The SMILES string of the molecule is O=C1CC2CCC(C1)N2C1CCCCC1O. The van der Waals surface area contributed by atoms with Crippen molar-refractivity contribution < 1.29 is 9.90 Å². The molecule has 2 bridgehead atoms. The zero-order valence-corrected chi connectivity index (χ0v) is 9.77. The Bertz CT molecular complexity index is 276. The molecule has 1 saturated carbocycles. The highest BCUT2D eigenvalue weighted by Gasteiger charge is 2.45. The highest BCUT2D eigenvalue weighted by atomic mass is 16.3. The Kier molecular flexibility index (Phi) is 2.76. The van der Waals surface area contributed by atoms with E-state index in [1.165, 1.54) is 25.7 Å². The summed E-state index contributed by atoms with van der Waals surface area (Å²) in [6.07, 6.45) is 8.14. The lowest BCUT2D eigenvalue weighted by Gasteiger charge is -2.44. The third kappa shape index (κ3) is 1.70. The second-order valence-corrected chi connectivity index (χ2v) is 5.70. The van der Waals surface area contributed by atoms with Crippen LogP contribution in [0.3, 0.4) is 0 Å². The summed E-state index contributed by atoms with van der Waals surface area (Å²) >= 11 is 0. The summed E-state index contributed by atoms with van der Waals surface area (Å²) in [6.45, 7) is 0. The van der Waals surface area contributed by atoms with Crippen LogP contribution in [0.25, 0.3) is 0 Å². The summed E-state index contributed by atoms with van der Waals surface area (Å²) in [5.41, 5.74) is 0. The van der Waals surface area contributed by atoms with E-state index < -0.39 is 0 Å². The van der Waals surface area contributed by atoms with Gasteiger partial charge in [0.05, 0.1) is 6.10 Å². The minimum Gasteiger partial charge on any atom is -0.391 e. The molecule has 16 heavy (non-hydrogen) atoms. The predicted molar refractivity (Wildman–Crippen MR) is 61.2 cm³/mol. The molecule has 0 spiro atoms. The van der Waals surface area contributed by atoms with Gasteiger partial charge in [0.15, 0.2) is 0 Å². The van der Waals surface area contributed by atoms with E-state index >= 15 is 0 Å². The van der Waals surface area contributed by atoms with Crippen molar-refractivity contribution in [3.05, 3.63) is 0 Å². The molecule has 90 valence electrons. The van der Waals surface area contributed by atoms with Crippen molar-refractivity contribution in [1.29, 1.82) is 0 Å². The van der Waals surface area contributed by atoms with E-state index in [2.05, 4.69) is 4.90 Å². The van der Waals surface area contributed by atoms with Gasteiger partial charge in [-0.15, -0.1) is 0 Å². The number of aliphatic hydroxyl groups is 1. The van der Waals surface area contributed by atoms with Gasteiger partial charge in [0.2, 0.25) is 0 Å². The van der Waals surface area contributed by atoms with Crippen LogP contribution in [0, 0.1) is 0 Å². The predicted octanol–water partition coefficient (Wildman–Crippen LogP) is 1.49. The van der Waals surface area contributed by atoms with E-state index in [1.54, 1.807) is 0 Å². The van der Waals surface area contributed by atoms with Gasteiger partial charge in [0.1, 0.15) is 5.78 Å². The van der Waals surface area contributed by atoms with Crippen molar-refractivity contribution >= 4 is 5.78 Å². The Labute approximate surface area is 96.8 Å². The number of hydrogen-bond donors (Lipinski definition) is 1. The second-order valence-electron chi connectivity index (χ2n) is 5.70. The molecule has 2 saturated heterocycles. The van der Waals surface area contributed by atoms with Crippen molar-refractivity contribution in [2.75, 3.05) is 0 Å². The van der Waals surface area contributed by atoms with Crippen LogP contribution in [-0.4, -0.2) is 40.0 Å². The molecule has 2 aliphatic heterocycles. The average Bonchev–Trinajstić information content (AvgIpc) is 2.53.